The quantitative estimate of drug-likeness (QED) is 0.698. The van der Waals surface area contributed by atoms with Gasteiger partial charge in [0.25, 0.3) is 5.19 Å². The second-order valence-electron chi connectivity index (χ2n) is 6.50. The van der Waals surface area contributed by atoms with E-state index >= 15 is 0 Å². The van der Waals surface area contributed by atoms with E-state index in [1.54, 1.807) is 30.2 Å². The van der Waals surface area contributed by atoms with Crippen molar-refractivity contribution in [2.24, 2.45) is 0 Å². The number of carbonyl (C=O) groups excluding carboxylic acids is 1. The maximum Gasteiger partial charge on any atom is 0.321 e. The number of methoxy groups -OCH3 is 1. The largest absolute Gasteiger partial charge is 0.495 e. The van der Waals surface area contributed by atoms with E-state index in [4.69, 9.17) is 9.47 Å². The van der Waals surface area contributed by atoms with Crippen LogP contribution in [-0.4, -0.2) is 42.2 Å². The summed E-state index contributed by atoms with van der Waals surface area (Å²) in [5.74, 6) is 0.281. The van der Waals surface area contributed by atoms with E-state index in [-0.39, 0.29) is 18.0 Å². The summed E-state index contributed by atoms with van der Waals surface area (Å²) in [6.07, 6.45) is 1.34. The highest BCUT2D eigenvalue weighted by molar-refractivity contribution is 7.20. The van der Waals surface area contributed by atoms with E-state index in [0.29, 0.717) is 48.1 Å². The van der Waals surface area contributed by atoms with Gasteiger partial charge >= 0.3 is 6.03 Å². The third-order valence-electron chi connectivity index (χ3n) is 4.70. The Kier molecular flexibility index (Phi) is 5.29. The van der Waals surface area contributed by atoms with Crippen LogP contribution in [0.15, 0.2) is 42.5 Å². The summed E-state index contributed by atoms with van der Waals surface area (Å²) in [4.78, 5) is 18.5. The van der Waals surface area contributed by atoms with Crippen LogP contribution in [0.25, 0.3) is 10.2 Å². The van der Waals surface area contributed by atoms with Crippen LogP contribution in [-0.2, 0) is 0 Å². The van der Waals surface area contributed by atoms with E-state index in [1.807, 2.05) is 18.2 Å². The van der Waals surface area contributed by atoms with Gasteiger partial charge in [0.05, 0.1) is 17.5 Å². The van der Waals surface area contributed by atoms with Crippen LogP contribution in [0.2, 0.25) is 0 Å². The van der Waals surface area contributed by atoms with Crippen molar-refractivity contribution in [3.8, 4) is 10.9 Å². The maximum absolute atomic E-state index is 13.8. The number of likely N-dealkylation sites (tertiary alicyclic amines) is 1. The standard InChI is InChI=1S/C20H20FN3O3S/c1-26-16-7-3-2-6-15(16)22-19(25)24-11-9-13(10-12-24)27-20-23-18-14(21)5-4-8-17(18)28-20/h2-8,13H,9-12H2,1H3,(H,22,25). The van der Waals surface area contributed by atoms with E-state index in [0.717, 1.165) is 4.70 Å². The maximum atomic E-state index is 13.8. The van der Waals surface area contributed by atoms with Gasteiger partial charge in [-0.2, -0.15) is 4.98 Å². The molecule has 4 rings (SSSR count). The lowest BCUT2D eigenvalue weighted by Gasteiger charge is -2.31. The lowest BCUT2D eigenvalue weighted by Crippen LogP contribution is -2.43. The average molecular weight is 401 g/mol. The van der Waals surface area contributed by atoms with Gasteiger partial charge in [0.2, 0.25) is 0 Å². The third-order valence-corrected chi connectivity index (χ3v) is 5.61. The van der Waals surface area contributed by atoms with Gasteiger partial charge in [0, 0.05) is 25.9 Å². The molecule has 2 amide bonds. The predicted octanol–water partition coefficient (Wildman–Crippen LogP) is 4.52. The second-order valence-corrected chi connectivity index (χ2v) is 7.49. The molecule has 8 heteroatoms. The molecule has 0 radical (unpaired) electrons. The number of para-hydroxylation sites is 3. The molecule has 0 aliphatic carbocycles. The molecule has 6 nitrogen and oxygen atoms in total. The number of rotatable bonds is 4. The molecule has 1 aromatic heterocycles. The first-order chi connectivity index (χ1) is 13.6. The number of halogens is 1. The summed E-state index contributed by atoms with van der Waals surface area (Å²) >= 11 is 1.34. The van der Waals surface area contributed by atoms with Crippen molar-refractivity contribution < 1.29 is 18.7 Å². The topological polar surface area (TPSA) is 63.7 Å². The summed E-state index contributed by atoms with van der Waals surface area (Å²) in [5, 5.41) is 3.36. The fourth-order valence-corrected chi connectivity index (χ4v) is 4.10. The monoisotopic (exact) mass is 401 g/mol. The van der Waals surface area contributed by atoms with Gasteiger partial charge in [0.1, 0.15) is 23.2 Å². The Morgan fingerprint density at radius 3 is 2.75 bits per heavy atom. The molecule has 1 saturated heterocycles. The van der Waals surface area contributed by atoms with Crippen LogP contribution in [0.4, 0.5) is 14.9 Å². The summed E-state index contributed by atoms with van der Waals surface area (Å²) in [6, 6.07) is 12.0. The fraction of sp³-hybridized carbons (Fsp3) is 0.300. The molecule has 2 aromatic carbocycles. The molecule has 2 heterocycles. The molecule has 0 unspecified atom stereocenters. The summed E-state index contributed by atoms with van der Waals surface area (Å²) in [5.41, 5.74) is 0.987. The molecule has 3 aromatic rings. The van der Waals surface area contributed by atoms with Crippen molar-refractivity contribution in [1.82, 2.24) is 9.88 Å². The van der Waals surface area contributed by atoms with Crippen LogP contribution in [0.5, 0.6) is 10.9 Å². The number of anilines is 1. The smallest absolute Gasteiger partial charge is 0.321 e. The first-order valence-electron chi connectivity index (χ1n) is 9.04. The van der Waals surface area contributed by atoms with Gasteiger partial charge in [-0.15, -0.1) is 0 Å². The summed E-state index contributed by atoms with van der Waals surface area (Å²) < 4.78 is 25.8. The average Bonchev–Trinajstić information content (AvgIpc) is 3.13. The Morgan fingerprint density at radius 2 is 2.00 bits per heavy atom. The highest BCUT2D eigenvalue weighted by atomic mass is 32.1. The SMILES string of the molecule is COc1ccccc1NC(=O)N1CCC(Oc2nc3c(F)cccc3s2)CC1. The third kappa shape index (κ3) is 3.87. The molecule has 0 atom stereocenters. The van der Waals surface area contributed by atoms with Crippen molar-refractivity contribution in [2.45, 2.75) is 18.9 Å². The van der Waals surface area contributed by atoms with Crippen LogP contribution in [0, 0.1) is 5.82 Å². The molecule has 28 heavy (non-hydrogen) atoms. The van der Waals surface area contributed by atoms with E-state index in [2.05, 4.69) is 10.3 Å². The van der Waals surface area contributed by atoms with Crippen molar-refractivity contribution in [2.75, 3.05) is 25.5 Å². The van der Waals surface area contributed by atoms with Crippen LogP contribution >= 0.6 is 11.3 Å². The van der Waals surface area contributed by atoms with Gasteiger partial charge in [0.15, 0.2) is 0 Å². The number of nitrogens with one attached hydrogen (secondary N) is 1. The van der Waals surface area contributed by atoms with E-state index < -0.39 is 0 Å². The molecule has 1 aliphatic heterocycles. The van der Waals surface area contributed by atoms with Gasteiger partial charge in [-0.25, -0.2) is 9.18 Å². The van der Waals surface area contributed by atoms with Gasteiger partial charge in [-0.1, -0.05) is 29.5 Å². The molecule has 146 valence electrons. The summed E-state index contributed by atoms with van der Waals surface area (Å²) in [7, 11) is 1.57. The number of urea groups is 1. The highest BCUT2D eigenvalue weighted by Crippen LogP contribution is 2.31. The first kappa shape index (κ1) is 18.5. The Balaban J connectivity index is 1.33. The number of amides is 2. The predicted molar refractivity (Wildman–Crippen MR) is 107 cm³/mol. The fourth-order valence-electron chi connectivity index (χ4n) is 3.21. The number of ether oxygens (including phenoxy) is 2. The number of benzene rings is 2. The molecule has 1 aliphatic rings. The van der Waals surface area contributed by atoms with Crippen molar-refractivity contribution >= 4 is 33.3 Å². The lowest BCUT2D eigenvalue weighted by atomic mass is 10.1. The number of hydrogen-bond donors (Lipinski definition) is 1. The van der Waals surface area contributed by atoms with Crippen molar-refractivity contribution in [1.29, 1.82) is 0 Å². The van der Waals surface area contributed by atoms with Gasteiger partial charge in [-0.05, 0) is 24.3 Å². The molecule has 1 fully saturated rings. The normalized spacial score (nSPS) is 14.9. The molecule has 0 saturated carbocycles. The van der Waals surface area contributed by atoms with E-state index in [1.165, 1.54) is 17.4 Å². The summed E-state index contributed by atoms with van der Waals surface area (Å²) in [6.45, 7) is 1.15. The number of thiazole rings is 1. The van der Waals surface area contributed by atoms with E-state index in [9.17, 15) is 9.18 Å². The minimum atomic E-state index is -0.341. The number of carbonyl (C=O) groups is 1. The Labute approximate surface area is 165 Å². The molecule has 1 N–H and O–H groups in total. The zero-order valence-electron chi connectivity index (χ0n) is 15.4. The Bertz CT molecular complexity index is 986. The van der Waals surface area contributed by atoms with Gasteiger partial charge < -0.3 is 19.7 Å². The zero-order valence-corrected chi connectivity index (χ0v) is 16.2. The number of hydrogen-bond acceptors (Lipinski definition) is 5. The number of piperidine rings is 1. The molecular weight excluding hydrogens is 381 g/mol. The highest BCUT2D eigenvalue weighted by Gasteiger charge is 2.25. The Morgan fingerprint density at radius 1 is 1.21 bits per heavy atom. The first-order valence-corrected chi connectivity index (χ1v) is 9.86. The Hall–Kier alpha value is -2.87. The zero-order chi connectivity index (χ0) is 19.5. The second kappa shape index (κ2) is 8.02. The number of aromatic nitrogens is 1. The lowest BCUT2D eigenvalue weighted by molar-refractivity contribution is 0.115. The van der Waals surface area contributed by atoms with Crippen molar-refractivity contribution in [3.63, 3.8) is 0 Å². The minimum absolute atomic E-state index is 0.0427. The molecule has 0 bridgehead atoms. The number of nitrogens with zero attached hydrogens (tertiary/aromatic N) is 2. The van der Waals surface area contributed by atoms with Crippen molar-refractivity contribution in [3.05, 3.63) is 48.3 Å². The molecular formula is C20H20FN3O3S. The van der Waals surface area contributed by atoms with Crippen LogP contribution in [0.1, 0.15) is 12.8 Å². The molecule has 0 spiro atoms. The van der Waals surface area contributed by atoms with Gasteiger partial charge in [-0.3, -0.25) is 0 Å². The van der Waals surface area contributed by atoms with Crippen LogP contribution in [0.3, 0.4) is 0 Å². The number of fused-ring (bicyclic) bond motifs is 1. The minimum Gasteiger partial charge on any atom is -0.495 e. The van der Waals surface area contributed by atoms with Crippen LogP contribution < -0.4 is 14.8 Å².